The summed E-state index contributed by atoms with van der Waals surface area (Å²) in [6, 6.07) is 4.77. The first-order valence-corrected chi connectivity index (χ1v) is 7.38. The molecule has 0 amide bonds. The number of hydrogen-bond acceptors (Lipinski definition) is 3. The van der Waals surface area contributed by atoms with E-state index in [-0.39, 0.29) is 20.5 Å². The number of halogens is 1. The van der Waals surface area contributed by atoms with Gasteiger partial charge in [0, 0.05) is 0 Å². The predicted molar refractivity (Wildman–Crippen MR) is 66.7 cm³/mol. The van der Waals surface area contributed by atoms with Crippen molar-refractivity contribution >= 4 is 47.9 Å². The zero-order chi connectivity index (χ0) is 11.1. The molecular formula is C10H5FN2S2Se. The summed E-state index contributed by atoms with van der Waals surface area (Å²) >= 11 is 6.93. The molecule has 0 saturated carbocycles. The van der Waals surface area contributed by atoms with Gasteiger partial charge < -0.3 is 0 Å². The molecule has 2 heterocycles. The SMILES string of the molecule is Fc1ccc2c(=S)n(-c3nccs3)[se]c2c1. The van der Waals surface area contributed by atoms with E-state index in [2.05, 4.69) is 4.98 Å². The second-order valence-corrected chi connectivity index (χ2v) is 6.48. The fourth-order valence-electron chi connectivity index (χ4n) is 1.44. The molecule has 0 fully saturated rings. The van der Waals surface area contributed by atoms with E-state index in [0.717, 1.165) is 19.4 Å². The minimum absolute atomic E-state index is 0.00632. The standard InChI is InChI=1S/C10H5FN2S2Se/c11-6-1-2-7-8(5-6)16-13(9(7)14)10-12-3-4-15-10/h1-5H. The summed E-state index contributed by atoms with van der Waals surface area (Å²) in [5.74, 6) is -0.204. The Morgan fingerprint density at radius 1 is 1.44 bits per heavy atom. The van der Waals surface area contributed by atoms with Gasteiger partial charge in [-0.1, -0.05) is 0 Å². The fraction of sp³-hybridized carbons (Fsp3) is 0. The van der Waals surface area contributed by atoms with Gasteiger partial charge in [0.05, 0.1) is 0 Å². The molecule has 1 aromatic carbocycles. The van der Waals surface area contributed by atoms with Crippen molar-refractivity contribution in [2.75, 3.05) is 0 Å². The van der Waals surface area contributed by atoms with Gasteiger partial charge >= 0.3 is 106 Å². The van der Waals surface area contributed by atoms with Crippen LogP contribution < -0.4 is 0 Å². The first-order chi connectivity index (χ1) is 7.75. The summed E-state index contributed by atoms with van der Waals surface area (Å²) in [6.07, 6.45) is 1.75. The van der Waals surface area contributed by atoms with Crippen LogP contribution >= 0.6 is 23.6 Å². The summed E-state index contributed by atoms with van der Waals surface area (Å²) in [7, 11) is 0. The van der Waals surface area contributed by atoms with Crippen molar-refractivity contribution < 1.29 is 4.39 Å². The van der Waals surface area contributed by atoms with Gasteiger partial charge in [0.2, 0.25) is 0 Å². The summed E-state index contributed by atoms with van der Waals surface area (Å²) < 4.78 is 16.8. The molecule has 0 saturated heterocycles. The maximum atomic E-state index is 13.1. The number of fused-ring (bicyclic) bond motifs is 1. The average molecular weight is 315 g/mol. The van der Waals surface area contributed by atoms with Crippen molar-refractivity contribution in [3.63, 3.8) is 0 Å². The first-order valence-electron chi connectivity index (χ1n) is 4.47. The van der Waals surface area contributed by atoms with E-state index >= 15 is 0 Å². The van der Waals surface area contributed by atoms with E-state index in [0.29, 0.717) is 0 Å². The van der Waals surface area contributed by atoms with Crippen LogP contribution in [0.2, 0.25) is 0 Å². The number of aromatic nitrogens is 2. The molecule has 0 bridgehead atoms. The maximum absolute atomic E-state index is 13.1. The number of hydrogen-bond donors (Lipinski definition) is 0. The molecule has 0 radical (unpaired) electrons. The van der Waals surface area contributed by atoms with Crippen molar-refractivity contribution in [2.24, 2.45) is 0 Å². The molecule has 0 aliphatic carbocycles. The zero-order valence-corrected chi connectivity index (χ0v) is 11.2. The Morgan fingerprint density at radius 2 is 2.31 bits per heavy atom. The Hall–Kier alpha value is -0.811. The Balaban J connectivity index is 2.36. The molecule has 2 aromatic heterocycles. The molecule has 0 N–H and O–H groups in total. The van der Waals surface area contributed by atoms with Crippen molar-refractivity contribution in [2.45, 2.75) is 0 Å². The van der Waals surface area contributed by atoms with E-state index in [1.807, 2.05) is 8.94 Å². The normalized spacial score (nSPS) is 11.1. The Bertz CT molecular complexity index is 699. The van der Waals surface area contributed by atoms with Gasteiger partial charge in [-0.15, -0.1) is 0 Å². The third-order valence-electron chi connectivity index (χ3n) is 2.14. The van der Waals surface area contributed by atoms with E-state index in [1.54, 1.807) is 29.7 Å². The van der Waals surface area contributed by atoms with Crippen molar-refractivity contribution in [1.29, 1.82) is 0 Å². The number of nitrogens with zero attached hydrogens (tertiary/aromatic N) is 2. The molecule has 6 heteroatoms. The molecule has 0 unspecified atom stereocenters. The van der Waals surface area contributed by atoms with Crippen molar-refractivity contribution in [3.8, 4) is 5.13 Å². The van der Waals surface area contributed by atoms with Crippen molar-refractivity contribution in [3.05, 3.63) is 40.2 Å². The van der Waals surface area contributed by atoms with Crippen LogP contribution in [0.4, 0.5) is 4.39 Å². The van der Waals surface area contributed by atoms with Gasteiger partial charge in [0.1, 0.15) is 0 Å². The van der Waals surface area contributed by atoms with Gasteiger partial charge in [0.25, 0.3) is 0 Å². The van der Waals surface area contributed by atoms with Gasteiger partial charge in [-0.3, -0.25) is 0 Å². The minimum atomic E-state index is -0.204. The molecule has 2 nitrogen and oxygen atoms in total. The summed E-state index contributed by atoms with van der Waals surface area (Å²) in [4.78, 5) is 4.23. The second kappa shape index (κ2) is 3.89. The predicted octanol–water partition coefficient (Wildman–Crippen LogP) is 3.01. The van der Waals surface area contributed by atoms with Gasteiger partial charge in [-0.05, 0) is 0 Å². The van der Waals surface area contributed by atoms with Crippen molar-refractivity contribution in [1.82, 2.24) is 8.55 Å². The monoisotopic (exact) mass is 316 g/mol. The quantitative estimate of drug-likeness (QED) is 0.507. The van der Waals surface area contributed by atoms with Crippen LogP contribution in [-0.2, 0) is 0 Å². The Morgan fingerprint density at radius 3 is 3.06 bits per heavy atom. The summed E-state index contributed by atoms with van der Waals surface area (Å²) in [5.41, 5.74) is 0. The molecule has 3 aromatic rings. The van der Waals surface area contributed by atoms with Gasteiger partial charge in [0.15, 0.2) is 0 Å². The molecule has 80 valence electrons. The molecule has 0 aliphatic rings. The van der Waals surface area contributed by atoms with Crippen LogP contribution in [-0.4, -0.2) is 23.3 Å². The van der Waals surface area contributed by atoms with E-state index in [9.17, 15) is 4.39 Å². The van der Waals surface area contributed by atoms with Crippen LogP contribution in [0.1, 0.15) is 0 Å². The fourth-order valence-corrected chi connectivity index (χ4v) is 5.07. The number of thiazole rings is 1. The molecule has 16 heavy (non-hydrogen) atoms. The van der Waals surface area contributed by atoms with E-state index in [4.69, 9.17) is 12.2 Å². The summed E-state index contributed by atoms with van der Waals surface area (Å²) in [6.45, 7) is 0. The molecular weight excluding hydrogens is 310 g/mol. The molecule has 0 aliphatic heterocycles. The Kier molecular flexibility index (Phi) is 2.52. The average Bonchev–Trinajstić information content (AvgIpc) is 2.86. The first kappa shape index (κ1) is 10.4. The summed E-state index contributed by atoms with van der Waals surface area (Å²) in [5, 5.41) is 3.77. The number of rotatable bonds is 1. The third-order valence-corrected chi connectivity index (χ3v) is 6.07. The number of benzene rings is 1. The molecule has 0 atom stereocenters. The Labute approximate surface area is 106 Å². The zero-order valence-electron chi connectivity index (χ0n) is 7.88. The van der Waals surface area contributed by atoms with Crippen LogP contribution in [0, 0.1) is 10.5 Å². The van der Waals surface area contributed by atoms with Gasteiger partial charge in [-0.25, -0.2) is 0 Å². The topological polar surface area (TPSA) is 17.8 Å². The van der Waals surface area contributed by atoms with Gasteiger partial charge in [-0.2, -0.15) is 0 Å². The third kappa shape index (κ3) is 1.58. The van der Waals surface area contributed by atoms with E-state index < -0.39 is 0 Å². The molecule has 3 rings (SSSR count). The van der Waals surface area contributed by atoms with Crippen LogP contribution in [0.15, 0.2) is 29.8 Å². The molecule has 0 spiro atoms. The van der Waals surface area contributed by atoms with Crippen LogP contribution in [0.5, 0.6) is 0 Å². The van der Waals surface area contributed by atoms with E-state index in [1.165, 1.54) is 6.07 Å². The second-order valence-electron chi connectivity index (χ2n) is 3.15. The van der Waals surface area contributed by atoms with Crippen LogP contribution in [0.25, 0.3) is 14.8 Å². The van der Waals surface area contributed by atoms with Crippen LogP contribution in [0.3, 0.4) is 0 Å².